The number of rotatable bonds is 6. The second-order valence-corrected chi connectivity index (χ2v) is 7.94. The Labute approximate surface area is 172 Å². The molecule has 150 valence electrons. The molecule has 28 heavy (non-hydrogen) atoms. The minimum atomic E-state index is -0.316. The maximum Gasteiger partial charge on any atom is 0.409 e. The summed E-state index contributed by atoms with van der Waals surface area (Å²) < 4.78 is 15.3. The smallest absolute Gasteiger partial charge is 0.409 e. The highest BCUT2D eigenvalue weighted by Gasteiger charge is 2.25. The van der Waals surface area contributed by atoms with E-state index in [-0.39, 0.29) is 12.0 Å². The number of carbonyl (C=O) groups is 2. The van der Waals surface area contributed by atoms with Gasteiger partial charge < -0.3 is 19.3 Å². The Kier molecular flexibility index (Phi) is 7.10. The molecular formula is C18H22N4O4S2. The van der Waals surface area contributed by atoms with Crippen LogP contribution >= 0.6 is 23.3 Å². The summed E-state index contributed by atoms with van der Waals surface area (Å²) in [5.74, 6) is 1.76. The van der Waals surface area contributed by atoms with Crippen molar-refractivity contribution >= 4 is 35.3 Å². The summed E-state index contributed by atoms with van der Waals surface area (Å²) in [6.07, 6.45) is -0.316. The quantitative estimate of drug-likeness (QED) is 0.662. The van der Waals surface area contributed by atoms with Gasteiger partial charge in [0, 0.05) is 31.7 Å². The molecule has 0 saturated carbocycles. The van der Waals surface area contributed by atoms with Crippen LogP contribution in [0.2, 0.25) is 0 Å². The number of ether oxygens (including phenoxy) is 2. The van der Waals surface area contributed by atoms with E-state index in [9.17, 15) is 9.59 Å². The zero-order chi connectivity index (χ0) is 19.9. The minimum absolute atomic E-state index is 0.0368. The Morgan fingerprint density at radius 2 is 1.82 bits per heavy atom. The van der Waals surface area contributed by atoms with Crippen molar-refractivity contribution in [1.29, 1.82) is 0 Å². The summed E-state index contributed by atoms with van der Waals surface area (Å²) in [6.45, 7) is 4.17. The van der Waals surface area contributed by atoms with Crippen LogP contribution in [0.4, 0.5) is 4.79 Å². The number of hydrogen-bond acceptors (Lipinski definition) is 8. The first-order valence-electron chi connectivity index (χ1n) is 8.91. The lowest BCUT2D eigenvalue weighted by atomic mass is 10.2. The molecule has 1 aliphatic rings. The summed E-state index contributed by atoms with van der Waals surface area (Å²) in [7, 11) is 1.62. The maximum atomic E-state index is 12.4. The summed E-state index contributed by atoms with van der Waals surface area (Å²) in [6, 6.07) is 7.54. The third-order valence-electron chi connectivity index (χ3n) is 4.23. The van der Waals surface area contributed by atoms with Crippen LogP contribution in [0.1, 0.15) is 6.92 Å². The SMILES string of the molecule is CCOC(=O)N1CCN(C(=O)CSc2nc(-c3ccc(OC)cc3)ns2)CC1. The van der Waals surface area contributed by atoms with Crippen LogP contribution in [-0.4, -0.2) is 76.8 Å². The van der Waals surface area contributed by atoms with E-state index in [4.69, 9.17) is 9.47 Å². The Morgan fingerprint density at radius 3 is 2.46 bits per heavy atom. The molecule has 3 rings (SSSR count). The normalized spacial score (nSPS) is 14.1. The molecular weight excluding hydrogens is 400 g/mol. The Balaban J connectivity index is 1.47. The number of methoxy groups -OCH3 is 1. The van der Waals surface area contributed by atoms with E-state index in [0.717, 1.165) is 15.7 Å². The van der Waals surface area contributed by atoms with E-state index in [1.165, 1.54) is 23.3 Å². The van der Waals surface area contributed by atoms with Crippen LogP contribution in [0.5, 0.6) is 5.75 Å². The van der Waals surface area contributed by atoms with Crippen molar-refractivity contribution in [3.8, 4) is 17.1 Å². The molecule has 0 radical (unpaired) electrons. The van der Waals surface area contributed by atoms with Gasteiger partial charge in [-0.15, -0.1) is 0 Å². The molecule has 2 aromatic rings. The topological polar surface area (TPSA) is 84.9 Å². The highest BCUT2D eigenvalue weighted by Crippen LogP contribution is 2.26. The van der Waals surface area contributed by atoms with Crippen LogP contribution in [0.3, 0.4) is 0 Å². The van der Waals surface area contributed by atoms with Gasteiger partial charge >= 0.3 is 6.09 Å². The molecule has 1 aromatic heterocycles. The summed E-state index contributed by atoms with van der Waals surface area (Å²) in [5.41, 5.74) is 0.908. The lowest BCUT2D eigenvalue weighted by Gasteiger charge is -2.33. The molecule has 1 saturated heterocycles. The Morgan fingerprint density at radius 1 is 1.14 bits per heavy atom. The summed E-state index contributed by atoms with van der Waals surface area (Å²) in [5, 5.41) is 0. The number of carbonyl (C=O) groups excluding carboxylic acids is 2. The average Bonchev–Trinajstić information content (AvgIpc) is 3.21. The summed E-state index contributed by atoms with van der Waals surface area (Å²) in [4.78, 5) is 32.1. The fourth-order valence-corrected chi connectivity index (χ4v) is 4.21. The van der Waals surface area contributed by atoms with Crippen LogP contribution < -0.4 is 4.74 Å². The van der Waals surface area contributed by atoms with Crippen molar-refractivity contribution in [2.75, 3.05) is 45.6 Å². The van der Waals surface area contributed by atoms with E-state index in [1.807, 2.05) is 24.3 Å². The first-order valence-corrected chi connectivity index (χ1v) is 10.7. The zero-order valence-corrected chi connectivity index (χ0v) is 17.4. The van der Waals surface area contributed by atoms with Crippen molar-refractivity contribution in [3.63, 3.8) is 0 Å². The first-order chi connectivity index (χ1) is 13.6. The minimum Gasteiger partial charge on any atom is -0.497 e. The van der Waals surface area contributed by atoms with Crippen molar-refractivity contribution in [2.24, 2.45) is 0 Å². The van der Waals surface area contributed by atoms with Gasteiger partial charge in [-0.2, -0.15) is 4.37 Å². The lowest BCUT2D eigenvalue weighted by Crippen LogP contribution is -2.51. The third-order valence-corrected chi connectivity index (χ3v) is 6.05. The maximum absolute atomic E-state index is 12.4. The van der Waals surface area contributed by atoms with E-state index in [0.29, 0.717) is 44.4 Å². The van der Waals surface area contributed by atoms with Gasteiger partial charge in [-0.05, 0) is 42.7 Å². The second-order valence-electron chi connectivity index (χ2n) is 5.97. The van der Waals surface area contributed by atoms with Crippen LogP contribution in [0, 0.1) is 0 Å². The highest BCUT2D eigenvalue weighted by molar-refractivity contribution is 8.01. The van der Waals surface area contributed by atoms with Crippen LogP contribution in [0.15, 0.2) is 28.6 Å². The predicted molar refractivity (Wildman–Crippen MR) is 108 cm³/mol. The first kappa shape index (κ1) is 20.4. The number of nitrogens with zero attached hydrogens (tertiary/aromatic N) is 4. The van der Waals surface area contributed by atoms with Crippen molar-refractivity contribution in [1.82, 2.24) is 19.2 Å². The van der Waals surface area contributed by atoms with E-state index in [1.54, 1.807) is 23.8 Å². The molecule has 1 aromatic carbocycles. The van der Waals surface area contributed by atoms with Crippen LogP contribution in [0.25, 0.3) is 11.4 Å². The van der Waals surface area contributed by atoms with Gasteiger partial charge in [-0.25, -0.2) is 9.78 Å². The summed E-state index contributed by atoms with van der Waals surface area (Å²) >= 11 is 2.67. The fourth-order valence-electron chi connectivity index (χ4n) is 2.69. The van der Waals surface area contributed by atoms with Crippen molar-refractivity contribution in [2.45, 2.75) is 11.3 Å². The highest BCUT2D eigenvalue weighted by atomic mass is 32.2. The van der Waals surface area contributed by atoms with Gasteiger partial charge in [0.2, 0.25) is 5.91 Å². The number of benzene rings is 1. The predicted octanol–water partition coefficient (Wildman–Crippen LogP) is 2.61. The van der Waals surface area contributed by atoms with Gasteiger partial charge in [0.05, 0.1) is 19.5 Å². The zero-order valence-electron chi connectivity index (χ0n) is 15.8. The number of piperazine rings is 1. The van der Waals surface area contributed by atoms with E-state index < -0.39 is 0 Å². The van der Waals surface area contributed by atoms with Gasteiger partial charge in [0.1, 0.15) is 5.75 Å². The van der Waals surface area contributed by atoms with Crippen molar-refractivity contribution in [3.05, 3.63) is 24.3 Å². The third kappa shape index (κ3) is 5.14. The molecule has 0 unspecified atom stereocenters. The molecule has 2 amide bonds. The molecule has 0 aliphatic carbocycles. The molecule has 1 fully saturated rings. The molecule has 0 atom stereocenters. The standard InChI is InChI=1S/C18H22N4O4S2/c1-3-26-18(24)22-10-8-21(9-11-22)15(23)12-27-17-19-16(20-28-17)13-4-6-14(25-2)7-5-13/h4-7H,3,8-12H2,1-2H3. The Bertz CT molecular complexity index is 804. The average molecular weight is 423 g/mol. The van der Waals surface area contributed by atoms with Gasteiger partial charge in [-0.3, -0.25) is 4.79 Å². The van der Waals surface area contributed by atoms with Gasteiger partial charge in [-0.1, -0.05) is 11.8 Å². The second kappa shape index (κ2) is 9.74. The van der Waals surface area contributed by atoms with Gasteiger partial charge in [0.15, 0.2) is 10.2 Å². The van der Waals surface area contributed by atoms with Crippen LogP contribution in [-0.2, 0) is 9.53 Å². The van der Waals surface area contributed by atoms with Crippen molar-refractivity contribution < 1.29 is 19.1 Å². The molecule has 0 N–H and O–H groups in total. The number of amides is 2. The molecule has 0 bridgehead atoms. The lowest BCUT2D eigenvalue weighted by molar-refractivity contribution is -0.129. The largest absolute Gasteiger partial charge is 0.497 e. The van der Waals surface area contributed by atoms with Gasteiger partial charge in [0.25, 0.3) is 0 Å². The van der Waals surface area contributed by atoms with E-state index in [2.05, 4.69) is 9.36 Å². The molecule has 10 heteroatoms. The molecule has 0 spiro atoms. The number of thioether (sulfide) groups is 1. The molecule has 1 aliphatic heterocycles. The molecule has 2 heterocycles. The number of aromatic nitrogens is 2. The number of hydrogen-bond donors (Lipinski definition) is 0. The fraction of sp³-hybridized carbons (Fsp3) is 0.444. The molecule has 8 nitrogen and oxygen atoms in total. The van der Waals surface area contributed by atoms with E-state index >= 15 is 0 Å². The monoisotopic (exact) mass is 422 g/mol. The Hall–Kier alpha value is -2.33.